The number of rotatable bonds is 8. The van der Waals surface area contributed by atoms with Crippen LogP contribution in [0.25, 0.3) is 0 Å². The molecule has 3 nitrogen and oxygen atoms in total. The topological polar surface area (TPSA) is 18.5 Å². The molecule has 1 aliphatic rings. The smallest absolute Gasteiger partial charge is 0.194 e. The second-order valence-electron chi connectivity index (χ2n) is 6.78. The van der Waals surface area contributed by atoms with Crippen LogP contribution in [0.2, 0.25) is 36.3 Å². The number of nitrogens with zero attached hydrogens (tertiary/aromatic N) is 2. The van der Waals surface area contributed by atoms with E-state index in [0.29, 0.717) is 0 Å². The van der Waals surface area contributed by atoms with E-state index in [9.17, 15) is 0 Å². The van der Waals surface area contributed by atoms with Gasteiger partial charge in [-0.3, -0.25) is 0 Å². The average molecular weight is 360 g/mol. The minimum absolute atomic E-state index is 1.25. The fourth-order valence-electron chi connectivity index (χ4n) is 5.33. The zero-order valence-corrected chi connectivity index (χ0v) is 19.6. The Morgan fingerprint density at radius 3 is 1.05 bits per heavy atom. The van der Waals surface area contributed by atoms with Gasteiger partial charge in [0.15, 0.2) is 25.2 Å². The molecule has 0 unspecified atom stereocenters. The molecule has 1 saturated heterocycles. The van der Waals surface area contributed by atoms with Crippen molar-refractivity contribution in [1.29, 1.82) is 0 Å². The van der Waals surface area contributed by atoms with Crippen molar-refractivity contribution in [2.75, 3.05) is 13.1 Å². The van der Waals surface area contributed by atoms with Gasteiger partial charge in [0.25, 0.3) is 0 Å². The van der Waals surface area contributed by atoms with Crippen molar-refractivity contribution in [3.8, 4) is 0 Å². The Labute approximate surface area is 143 Å². The first-order chi connectivity index (χ1) is 10.5. The van der Waals surface area contributed by atoms with Crippen molar-refractivity contribution in [2.45, 2.75) is 91.7 Å². The quantitative estimate of drug-likeness (QED) is 0.635. The summed E-state index contributed by atoms with van der Waals surface area (Å²) in [6.45, 7) is 22.2. The van der Waals surface area contributed by atoms with Crippen molar-refractivity contribution in [3.05, 3.63) is 0 Å². The first-order valence-corrected chi connectivity index (χ1v) is 16.8. The maximum atomic E-state index is 4.47. The normalized spacial score (nSPS) is 24.5. The van der Waals surface area contributed by atoms with Gasteiger partial charge in [0, 0.05) is 0 Å². The Kier molecular flexibility index (Phi) is 7.55. The lowest BCUT2D eigenvalue weighted by Gasteiger charge is -2.67. The van der Waals surface area contributed by atoms with E-state index in [0.717, 1.165) is 0 Å². The highest BCUT2D eigenvalue weighted by Crippen LogP contribution is 2.41. The Balaban J connectivity index is 3.58. The van der Waals surface area contributed by atoms with Crippen LogP contribution >= 0.6 is 0 Å². The molecule has 0 aromatic heterocycles. The fraction of sp³-hybridized carbons (Fsp3) is 1.00. The van der Waals surface area contributed by atoms with Crippen molar-refractivity contribution >= 4 is 25.2 Å². The molecule has 1 N–H and O–H groups in total. The molecule has 0 aromatic carbocycles. The van der Waals surface area contributed by atoms with Crippen LogP contribution in [0.3, 0.4) is 0 Å². The molecule has 0 saturated carbocycles. The van der Waals surface area contributed by atoms with Crippen LogP contribution in [-0.4, -0.2) is 46.7 Å². The minimum Gasteiger partial charge on any atom is -0.335 e. The Hall–Kier alpha value is 0.531. The van der Waals surface area contributed by atoms with E-state index >= 15 is 0 Å². The van der Waals surface area contributed by atoms with Gasteiger partial charge in [0.05, 0.1) is 0 Å². The van der Waals surface area contributed by atoms with E-state index in [2.05, 4.69) is 68.5 Å². The van der Waals surface area contributed by atoms with Gasteiger partial charge >= 0.3 is 0 Å². The first-order valence-electron chi connectivity index (χ1n) is 9.81. The van der Waals surface area contributed by atoms with Crippen LogP contribution in [0.4, 0.5) is 0 Å². The summed E-state index contributed by atoms with van der Waals surface area (Å²) in [5, 5.41) is 0. The molecule has 132 valence electrons. The fourth-order valence-corrected chi connectivity index (χ4v) is 32.1. The lowest BCUT2D eigenvalue weighted by Crippen LogP contribution is -2.92. The van der Waals surface area contributed by atoms with Crippen molar-refractivity contribution in [3.63, 3.8) is 0 Å². The predicted molar refractivity (Wildman–Crippen MR) is 108 cm³/mol. The van der Waals surface area contributed by atoms with Gasteiger partial charge in [-0.1, -0.05) is 55.4 Å². The lowest BCUT2D eigenvalue weighted by molar-refractivity contribution is 0.465. The largest absolute Gasteiger partial charge is 0.335 e. The third kappa shape index (κ3) is 2.84. The molecule has 0 amide bonds. The molecule has 1 rings (SSSR count). The molecule has 0 radical (unpaired) electrons. The van der Waals surface area contributed by atoms with Crippen molar-refractivity contribution in [2.24, 2.45) is 0 Å². The highest BCUT2D eigenvalue weighted by Gasteiger charge is 2.62. The number of hydrogen-bond donors (Lipinski definition) is 1. The van der Waals surface area contributed by atoms with E-state index in [4.69, 9.17) is 0 Å². The average Bonchev–Trinajstić information content (AvgIpc) is 2.59. The third-order valence-electron chi connectivity index (χ3n) is 6.61. The van der Waals surface area contributed by atoms with Crippen LogP contribution in [-0.2, 0) is 0 Å². The Morgan fingerprint density at radius 1 is 0.545 bits per heavy atom. The van der Waals surface area contributed by atoms with Gasteiger partial charge in [-0.2, -0.15) is 0 Å². The lowest BCUT2D eigenvalue weighted by atomic mass is 10.8. The van der Waals surface area contributed by atoms with Gasteiger partial charge in [0.1, 0.15) is 0 Å². The molecule has 0 atom stereocenters. The Morgan fingerprint density at radius 2 is 0.864 bits per heavy atom. The number of nitrogens with one attached hydrogen (secondary N) is 1. The molecule has 22 heavy (non-hydrogen) atoms. The molecule has 0 aliphatic carbocycles. The maximum Gasteiger partial charge on any atom is 0.194 e. The van der Waals surface area contributed by atoms with Crippen LogP contribution in [0, 0.1) is 0 Å². The summed E-state index contributed by atoms with van der Waals surface area (Å²) in [5.74, 6) is 0. The molecule has 0 spiro atoms. The molecule has 0 bridgehead atoms. The summed E-state index contributed by atoms with van der Waals surface area (Å²) < 4.78 is 10.7. The third-order valence-corrected chi connectivity index (χ3v) is 27.7. The van der Waals surface area contributed by atoms with Gasteiger partial charge in [-0.05, 0) is 49.4 Å². The minimum atomic E-state index is -1.52. The summed E-state index contributed by atoms with van der Waals surface area (Å²) in [6, 6.07) is 8.29. The maximum absolute atomic E-state index is 4.47. The van der Waals surface area contributed by atoms with Crippen molar-refractivity contribution < 1.29 is 0 Å². The SMILES string of the molecule is CCN1[Si](CC)(CC)N[Si](CC)(CC)N(CC)[Si]1(CC)CC. The zero-order chi connectivity index (χ0) is 17.0. The molecule has 0 aromatic rings. The molecular formula is C16H41N3Si3. The van der Waals surface area contributed by atoms with E-state index in [-0.39, 0.29) is 0 Å². The second-order valence-corrected chi connectivity index (χ2v) is 21.2. The van der Waals surface area contributed by atoms with E-state index < -0.39 is 25.2 Å². The summed E-state index contributed by atoms with van der Waals surface area (Å²) >= 11 is 0. The summed E-state index contributed by atoms with van der Waals surface area (Å²) in [4.78, 5) is 0. The second kappa shape index (κ2) is 8.07. The van der Waals surface area contributed by atoms with E-state index in [1.807, 2.05) is 0 Å². The van der Waals surface area contributed by atoms with Crippen LogP contribution in [0.1, 0.15) is 55.4 Å². The molecule has 1 fully saturated rings. The zero-order valence-electron chi connectivity index (χ0n) is 16.6. The highest BCUT2D eigenvalue weighted by molar-refractivity contribution is 7.06. The van der Waals surface area contributed by atoms with Crippen LogP contribution in [0.5, 0.6) is 0 Å². The first kappa shape index (κ1) is 20.6. The van der Waals surface area contributed by atoms with Crippen LogP contribution < -0.4 is 4.65 Å². The monoisotopic (exact) mass is 359 g/mol. The summed E-state index contributed by atoms with van der Waals surface area (Å²) in [5.41, 5.74) is 0. The van der Waals surface area contributed by atoms with Crippen LogP contribution in [0.15, 0.2) is 0 Å². The molecule has 1 aliphatic heterocycles. The van der Waals surface area contributed by atoms with E-state index in [1.165, 1.54) is 49.4 Å². The van der Waals surface area contributed by atoms with Gasteiger partial charge in [-0.25, -0.2) is 0 Å². The standard InChI is InChI=1S/C16H41N3Si3/c1-9-18-20(11-3,12-4)17-21(13-5,14-6)19(10-2)22(18,15-7)16-8/h17H,9-16H2,1-8H3. The predicted octanol–water partition coefficient (Wildman–Crippen LogP) is 4.68. The van der Waals surface area contributed by atoms with Crippen molar-refractivity contribution in [1.82, 2.24) is 13.1 Å². The highest BCUT2D eigenvalue weighted by atomic mass is 28.5. The molecular weight excluding hydrogens is 318 g/mol. The summed E-state index contributed by atoms with van der Waals surface area (Å²) in [7, 11) is -4.53. The van der Waals surface area contributed by atoms with Gasteiger partial charge in [0.2, 0.25) is 0 Å². The summed E-state index contributed by atoms with van der Waals surface area (Å²) in [6.07, 6.45) is 0. The molecule has 1 heterocycles. The van der Waals surface area contributed by atoms with Gasteiger partial charge < -0.3 is 13.1 Å². The Bertz CT molecular complexity index is 312. The van der Waals surface area contributed by atoms with Gasteiger partial charge in [-0.15, -0.1) is 0 Å². The number of hydrogen-bond acceptors (Lipinski definition) is 3. The van der Waals surface area contributed by atoms with E-state index in [1.54, 1.807) is 0 Å². The molecule has 6 heteroatoms.